The van der Waals surface area contributed by atoms with E-state index in [2.05, 4.69) is 0 Å². The average molecular weight is 327 g/mol. The van der Waals surface area contributed by atoms with Gasteiger partial charge in [0, 0.05) is 17.2 Å². The van der Waals surface area contributed by atoms with E-state index < -0.39 is 0 Å². The number of rotatable bonds is 5. The molecule has 0 atom stereocenters. The summed E-state index contributed by atoms with van der Waals surface area (Å²) in [6.45, 7) is 2.37. The van der Waals surface area contributed by atoms with E-state index in [9.17, 15) is 5.21 Å². The quantitative estimate of drug-likeness (QED) is 0.273. The number of nitrogens with zero attached hydrogens (tertiary/aromatic N) is 1. The van der Waals surface area contributed by atoms with E-state index in [4.69, 9.17) is 0 Å². The monoisotopic (exact) mass is 327 g/mol. The Balaban J connectivity index is 1.97. The van der Waals surface area contributed by atoms with Crippen LogP contribution in [0.5, 0.6) is 0 Å². The maximum absolute atomic E-state index is 12.8. The minimum absolute atomic E-state index is 0.323. The van der Waals surface area contributed by atoms with Crippen molar-refractivity contribution in [1.29, 1.82) is 0 Å². The first-order valence-corrected chi connectivity index (χ1v) is 8.38. The molecule has 3 aromatic carbocycles. The summed E-state index contributed by atoms with van der Waals surface area (Å²) in [5, 5.41) is 12.8. The molecule has 0 aliphatic rings. The van der Waals surface area contributed by atoms with Crippen LogP contribution in [-0.4, -0.2) is 10.5 Å². The number of hydrogen-bond donors (Lipinski definition) is 0. The normalized spacial score (nSPS) is 12.2. The van der Waals surface area contributed by atoms with E-state index in [1.807, 2.05) is 104 Å². The first kappa shape index (κ1) is 16.7. The molecule has 0 unspecified atom stereocenters. The highest BCUT2D eigenvalue weighted by molar-refractivity contribution is 6.07. The van der Waals surface area contributed by atoms with E-state index in [-0.39, 0.29) is 0 Å². The van der Waals surface area contributed by atoms with Crippen LogP contribution < -0.4 is 0 Å². The highest BCUT2D eigenvalue weighted by Crippen LogP contribution is 2.10. The summed E-state index contributed by atoms with van der Waals surface area (Å²) in [6.07, 6.45) is 3.88. The fourth-order valence-corrected chi connectivity index (χ4v) is 2.62. The molecule has 124 valence electrons. The second kappa shape index (κ2) is 8.11. The van der Waals surface area contributed by atoms with Crippen LogP contribution in [0.15, 0.2) is 91.0 Å². The van der Waals surface area contributed by atoms with Gasteiger partial charge in [-0.2, -0.15) is 0 Å². The van der Waals surface area contributed by atoms with Crippen LogP contribution in [0.2, 0.25) is 0 Å². The third kappa shape index (κ3) is 4.67. The van der Waals surface area contributed by atoms with Gasteiger partial charge >= 0.3 is 0 Å². The first-order chi connectivity index (χ1) is 12.2. The van der Waals surface area contributed by atoms with Crippen LogP contribution >= 0.6 is 0 Å². The Labute approximate surface area is 149 Å². The van der Waals surface area contributed by atoms with E-state index in [1.54, 1.807) is 0 Å². The van der Waals surface area contributed by atoms with Crippen molar-refractivity contribution in [2.24, 2.45) is 0 Å². The van der Waals surface area contributed by atoms with Gasteiger partial charge in [0.05, 0.1) is 0 Å². The number of hydroxylamine groups is 1. The molecule has 0 radical (unpaired) electrons. The molecule has 0 N–H and O–H groups in total. The Morgan fingerprint density at radius 2 is 1.44 bits per heavy atom. The highest BCUT2D eigenvalue weighted by atomic mass is 16.5. The summed E-state index contributed by atoms with van der Waals surface area (Å²) in [6, 6.07) is 27.9. The topological polar surface area (TPSA) is 26.1 Å². The third-order valence-electron chi connectivity index (χ3n) is 4.02. The highest BCUT2D eigenvalue weighted by Gasteiger charge is 2.10. The van der Waals surface area contributed by atoms with Crippen LogP contribution in [0.3, 0.4) is 0 Å². The van der Waals surface area contributed by atoms with E-state index >= 15 is 0 Å². The fraction of sp³-hybridized carbons (Fsp3) is 0.0870. The molecule has 0 saturated heterocycles. The molecular weight excluding hydrogens is 306 g/mol. The van der Waals surface area contributed by atoms with E-state index in [1.165, 1.54) is 5.56 Å². The van der Waals surface area contributed by atoms with Gasteiger partial charge in [-0.05, 0) is 30.7 Å². The average Bonchev–Trinajstić information content (AvgIpc) is 2.65. The van der Waals surface area contributed by atoms with Gasteiger partial charge in [0.25, 0.3) is 0 Å². The van der Waals surface area contributed by atoms with Gasteiger partial charge in [0.2, 0.25) is 5.71 Å². The maximum Gasteiger partial charge on any atom is 0.218 e. The molecule has 0 aliphatic heterocycles. The van der Waals surface area contributed by atoms with Crippen molar-refractivity contribution < 1.29 is 4.74 Å². The smallest absolute Gasteiger partial charge is 0.218 e. The van der Waals surface area contributed by atoms with Gasteiger partial charge in [-0.1, -0.05) is 78.4 Å². The van der Waals surface area contributed by atoms with E-state index in [0.717, 1.165) is 21.4 Å². The molecule has 2 nitrogen and oxygen atoms in total. The zero-order valence-corrected chi connectivity index (χ0v) is 14.3. The van der Waals surface area contributed by atoms with Gasteiger partial charge in [-0.15, -0.1) is 0 Å². The Kier molecular flexibility index (Phi) is 5.43. The summed E-state index contributed by atoms with van der Waals surface area (Å²) < 4.78 is 1.06. The zero-order valence-electron chi connectivity index (χ0n) is 14.3. The van der Waals surface area contributed by atoms with Crippen molar-refractivity contribution >= 4 is 11.8 Å². The maximum atomic E-state index is 12.8. The standard InChI is InChI=1S/C23H21NO/c1-19-12-15-22(16-13-19)23(17-14-20-8-4-2-5-9-20)24(25)18-21-10-6-3-7-11-21/h2-17H,18H2,1H3/b17-14+,24-23+. The molecular formula is C23H21NO. The molecule has 0 aliphatic carbocycles. The van der Waals surface area contributed by atoms with Crippen LogP contribution in [-0.2, 0) is 6.54 Å². The molecule has 0 fully saturated rings. The molecule has 0 amide bonds. The summed E-state index contributed by atoms with van der Waals surface area (Å²) >= 11 is 0. The van der Waals surface area contributed by atoms with Crippen molar-refractivity contribution in [3.8, 4) is 0 Å². The van der Waals surface area contributed by atoms with Crippen molar-refractivity contribution in [2.75, 3.05) is 0 Å². The second-order valence-corrected chi connectivity index (χ2v) is 6.02. The van der Waals surface area contributed by atoms with E-state index in [0.29, 0.717) is 12.3 Å². The predicted octanol–water partition coefficient (Wildman–Crippen LogP) is 5.21. The Hall–Kier alpha value is -3.13. The van der Waals surface area contributed by atoms with Crippen molar-refractivity contribution in [2.45, 2.75) is 13.5 Å². The molecule has 0 aromatic heterocycles. The third-order valence-corrected chi connectivity index (χ3v) is 4.02. The summed E-state index contributed by atoms with van der Waals surface area (Å²) in [7, 11) is 0. The molecule has 3 rings (SSSR count). The van der Waals surface area contributed by atoms with Crippen molar-refractivity contribution in [1.82, 2.24) is 0 Å². The van der Waals surface area contributed by atoms with Gasteiger partial charge in [-0.25, -0.2) is 4.74 Å². The summed E-state index contributed by atoms with van der Waals surface area (Å²) in [5.41, 5.74) is 4.82. The van der Waals surface area contributed by atoms with Crippen molar-refractivity contribution in [3.05, 3.63) is 118 Å². The lowest BCUT2D eigenvalue weighted by Gasteiger charge is -2.09. The predicted molar refractivity (Wildman–Crippen MR) is 105 cm³/mol. The van der Waals surface area contributed by atoms with Gasteiger partial charge in [-0.3, -0.25) is 0 Å². The number of hydrogen-bond acceptors (Lipinski definition) is 1. The Morgan fingerprint density at radius 1 is 0.840 bits per heavy atom. The Bertz CT molecular complexity index is 863. The lowest BCUT2D eigenvalue weighted by atomic mass is 10.1. The Morgan fingerprint density at radius 3 is 2.08 bits per heavy atom. The fourth-order valence-electron chi connectivity index (χ4n) is 2.62. The minimum Gasteiger partial charge on any atom is -0.623 e. The molecule has 0 bridgehead atoms. The lowest BCUT2D eigenvalue weighted by Crippen LogP contribution is -2.15. The number of aryl methyl sites for hydroxylation is 1. The molecule has 0 heterocycles. The van der Waals surface area contributed by atoms with Crippen LogP contribution in [0.1, 0.15) is 22.3 Å². The van der Waals surface area contributed by atoms with Gasteiger partial charge < -0.3 is 5.21 Å². The molecule has 2 heteroatoms. The number of benzene rings is 3. The SMILES string of the molecule is Cc1ccc(C(/C=C/c2ccccc2)=[N+](/[O-])Cc2ccccc2)cc1. The largest absolute Gasteiger partial charge is 0.623 e. The van der Waals surface area contributed by atoms with Crippen LogP contribution in [0.4, 0.5) is 0 Å². The lowest BCUT2D eigenvalue weighted by molar-refractivity contribution is -0.473. The van der Waals surface area contributed by atoms with Gasteiger partial charge in [0.1, 0.15) is 0 Å². The van der Waals surface area contributed by atoms with Crippen LogP contribution in [0.25, 0.3) is 6.08 Å². The molecule has 3 aromatic rings. The summed E-state index contributed by atoms with van der Waals surface area (Å²) in [5.74, 6) is 0. The van der Waals surface area contributed by atoms with Gasteiger partial charge in [0.15, 0.2) is 6.54 Å². The molecule has 0 spiro atoms. The number of allylic oxidation sites excluding steroid dienone is 1. The first-order valence-electron chi connectivity index (χ1n) is 8.38. The summed E-state index contributed by atoms with van der Waals surface area (Å²) in [4.78, 5) is 0. The molecule has 25 heavy (non-hydrogen) atoms. The minimum atomic E-state index is 0.323. The van der Waals surface area contributed by atoms with Crippen LogP contribution in [0, 0.1) is 12.1 Å². The molecule has 0 saturated carbocycles. The second-order valence-electron chi connectivity index (χ2n) is 6.02. The zero-order chi connectivity index (χ0) is 17.5. The van der Waals surface area contributed by atoms with Crippen molar-refractivity contribution in [3.63, 3.8) is 0 Å².